The van der Waals surface area contributed by atoms with Crippen LogP contribution in [0.1, 0.15) is 26.2 Å². The number of piperidine rings is 1. The van der Waals surface area contributed by atoms with Crippen LogP contribution in [0.15, 0.2) is 0 Å². The van der Waals surface area contributed by atoms with Gasteiger partial charge in [0, 0.05) is 26.2 Å². The number of nitrogens with one attached hydrogen (secondary N) is 1. The fourth-order valence-electron chi connectivity index (χ4n) is 1.91. The van der Waals surface area contributed by atoms with Gasteiger partial charge in [0.25, 0.3) is 0 Å². The normalized spacial score (nSPS) is 24.0. The molecule has 1 heterocycles. The number of likely N-dealkylation sites (tertiary alicyclic amines) is 1. The van der Waals surface area contributed by atoms with Gasteiger partial charge in [-0.1, -0.05) is 6.92 Å². The largest absolute Gasteiger partial charge is 0.377 e. The van der Waals surface area contributed by atoms with Gasteiger partial charge in [-0.15, -0.1) is 0 Å². The molecule has 1 saturated heterocycles. The lowest BCUT2D eigenvalue weighted by Crippen LogP contribution is -2.42. The van der Waals surface area contributed by atoms with E-state index < -0.39 is 0 Å². The molecule has 1 aliphatic heterocycles. The average Bonchev–Trinajstić information content (AvgIpc) is 2.24. The molecule has 0 spiro atoms. The summed E-state index contributed by atoms with van der Waals surface area (Å²) < 4.78 is 5.78. The molecule has 1 N–H and O–H groups in total. The molecule has 0 aliphatic carbocycles. The molecule has 1 aliphatic rings. The maximum absolute atomic E-state index is 5.78. The van der Waals surface area contributed by atoms with Crippen molar-refractivity contribution in [3.05, 3.63) is 0 Å². The summed E-state index contributed by atoms with van der Waals surface area (Å²) in [5.41, 5.74) is 0. The molecule has 0 saturated carbocycles. The smallest absolute Gasteiger partial charge is 0.0702 e. The van der Waals surface area contributed by atoms with E-state index in [1.54, 1.807) is 0 Å². The van der Waals surface area contributed by atoms with Crippen molar-refractivity contribution in [1.82, 2.24) is 10.2 Å². The summed E-state index contributed by atoms with van der Waals surface area (Å²) in [6.45, 7) is 7.70. The highest BCUT2D eigenvalue weighted by atomic mass is 16.5. The highest BCUT2D eigenvalue weighted by Crippen LogP contribution is 2.12. The van der Waals surface area contributed by atoms with Crippen molar-refractivity contribution < 1.29 is 4.74 Å². The van der Waals surface area contributed by atoms with Crippen LogP contribution in [-0.2, 0) is 4.74 Å². The molecule has 0 radical (unpaired) electrons. The lowest BCUT2D eigenvalue weighted by atomic mass is 10.1. The number of rotatable bonds is 6. The Hall–Kier alpha value is -0.120. The van der Waals surface area contributed by atoms with Gasteiger partial charge in [0.2, 0.25) is 0 Å². The van der Waals surface area contributed by atoms with E-state index in [1.165, 1.54) is 19.4 Å². The van der Waals surface area contributed by atoms with E-state index in [4.69, 9.17) is 4.74 Å². The van der Waals surface area contributed by atoms with Gasteiger partial charge < -0.3 is 10.1 Å². The third-order valence-corrected chi connectivity index (χ3v) is 2.70. The van der Waals surface area contributed by atoms with E-state index in [1.807, 2.05) is 7.05 Å². The van der Waals surface area contributed by atoms with Crippen molar-refractivity contribution in [3.8, 4) is 0 Å². The third-order valence-electron chi connectivity index (χ3n) is 2.70. The van der Waals surface area contributed by atoms with Crippen LogP contribution in [0.4, 0.5) is 0 Å². The van der Waals surface area contributed by atoms with Crippen molar-refractivity contribution in [3.63, 3.8) is 0 Å². The standard InChI is InChI=1S/C11H24N2O/c1-3-9-14-11-5-4-7-13(10-11)8-6-12-2/h11-12H,3-10H2,1-2H3. The van der Waals surface area contributed by atoms with Crippen LogP contribution < -0.4 is 5.32 Å². The first-order valence-corrected chi connectivity index (χ1v) is 5.85. The topological polar surface area (TPSA) is 24.5 Å². The second kappa shape index (κ2) is 7.21. The van der Waals surface area contributed by atoms with Crippen molar-refractivity contribution >= 4 is 0 Å². The summed E-state index contributed by atoms with van der Waals surface area (Å²) in [5.74, 6) is 0. The van der Waals surface area contributed by atoms with E-state index in [-0.39, 0.29) is 0 Å². The van der Waals surface area contributed by atoms with Crippen LogP contribution in [0.2, 0.25) is 0 Å². The Labute approximate surface area is 87.8 Å². The minimum atomic E-state index is 0.487. The molecule has 0 aromatic rings. The van der Waals surface area contributed by atoms with E-state index in [0.29, 0.717) is 6.10 Å². The summed E-state index contributed by atoms with van der Waals surface area (Å²) in [5, 5.41) is 3.19. The van der Waals surface area contributed by atoms with Gasteiger partial charge in [0.1, 0.15) is 0 Å². The Morgan fingerprint density at radius 1 is 1.50 bits per heavy atom. The number of hydrogen-bond donors (Lipinski definition) is 1. The SMILES string of the molecule is CCCOC1CCCN(CCNC)C1. The van der Waals surface area contributed by atoms with Crippen molar-refractivity contribution in [2.24, 2.45) is 0 Å². The van der Waals surface area contributed by atoms with Gasteiger partial charge in [-0.25, -0.2) is 0 Å². The predicted molar refractivity (Wildman–Crippen MR) is 59.6 cm³/mol. The Morgan fingerprint density at radius 2 is 2.36 bits per heavy atom. The molecule has 0 aromatic heterocycles. The molecule has 0 amide bonds. The maximum atomic E-state index is 5.78. The Bertz CT molecular complexity index is 127. The highest BCUT2D eigenvalue weighted by molar-refractivity contribution is 4.73. The Morgan fingerprint density at radius 3 is 3.07 bits per heavy atom. The van der Waals surface area contributed by atoms with Crippen LogP contribution >= 0.6 is 0 Å². The average molecular weight is 200 g/mol. The van der Waals surface area contributed by atoms with Crippen molar-refractivity contribution in [2.75, 3.05) is 39.8 Å². The fourth-order valence-corrected chi connectivity index (χ4v) is 1.91. The predicted octanol–water partition coefficient (Wildman–Crippen LogP) is 1.10. The number of likely N-dealkylation sites (N-methyl/N-ethyl adjacent to an activating group) is 1. The van der Waals surface area contributed by atoms with Gasteiger partial charge in [-0.2, -0.15) is 0 Å². The lowest BCUT2D eigenvalue weighted by molar-refractivity contribution is 0.000475. The van der Waals surface area contributed by atoms with E-state index in [2.05, 4.69) is 17.1 Å². The molecule has 3 heteroatoms. The van der Waals surface area contributed by atoms with Gasteiger partial charge in [0.15, 0.2) is 0 Å². The zero-order chi connectivity index (χ0) is 10.2. The van der Waals surface area contributed by atoms with Gasteiger partial charge in [-0.3, -0.25) is 4.90 Å². The summed E-state index contributed by atoms with van der Waals surface area (Å²) >= 11 is 0. The zero-order valence-corrected chi connectivity index (χ0v) is 9.59. The molecule has 84 valence electrons. The molecule has 0 bridgehead atoms. The summed E-state index contributed by atoms with van der Waals surface area (Å²) in [6, 6.07) is 0. The molecular formula is C11H24N2O. The molecule has 0 aromatic carbocycles. The number of nitrogens with zero attached hydrogens (tertiary/aromatic N) is 1. The third kappa shape index (κ3) is 4.40. The zero-order valence-electron chi connectivity index (χ0n) is 9.59. The van der Waals surface area contributed by atoms with E-state index in [9.17, 15) is 0 Å². The summed E-state index contributed by atoms with van der Waals surface area (Å²) in [7, 11) is 2.01. The molecule has 14 heavy (non-hydrogen) atoms. The van der Waals surface area contributed by atoms with Gasteiger partial charge in [0.05, 0.1) is 6.10 Å². The van der Waals surface area contributed by atoms with Crippen molar-refractivity contribution in [2.45, 2.75) is 32.3 Å². The first kappa shape index (κ1) is 12.0. The lowest BCUT2D eigenvalue weighted by Gasteiger charge is -2.32. The van der Waals surface area contributed by atoms with Gasteiger partial charge >= 0.3 is 0 Å². The quantitative estimate of drug-likeness (QED) is 0.695. The summed E-state index contributed by atoms with van der Waals surface area (Å²) in [4.78, 5) is 2.50. The second-order valence-electron chi connectivity index (χ2n) is 4.04. The highest BCUT2D eigenvalue weighted by Gasteiger charge is 2.19. The molecule has 3 nitrogen and oxygen atoms in total. The molecule has 1 rings (SSSR count). The van der Waals surface area contributed by atoms with Crippen molar-refractivity contribution in [1.29, 1.82) is 0 Å². The second-order valence-corrected chi connectivity index (χ2v) is 4.04. The monoisotopic (exact) mass is 200 g/mol. The fraction of sp³-hybridized carbons (Fsp3) is 1.00. The van der Waals surface area contributed by atoms with Crippen LogP contribution in [0.25, 0.3) is 0 Å². The Balaban J connectivity index is 2.14. The minimum Gasteiger partial charge on any atom is -0.377 e. The summed E-state index contributed by atoms with van der Waals surface area (Å²) in [6.07, 6.45) is 4.15. The first-order chi connectivity index (χ1) is 6.86. The maximum Gasteiger partial charge on any atom is 0.0702 e. The van der Waals surface area contributed by atoms with Crippen LogP contribution in [0, 0.1) is 0 Å². The molecule has 1 unspecified atom stereocenters. The molecular weight excluding hydrogens is 176 g/mol. The number of ether oxygens (including phenoxy) is 1. The Kier molecular flexibility index (Phi) is 6.15. The van der Waals surface area contributed by atoms with E-state index in [0.717, 1.165) is 32.7 Å². The molecule has 1 fully saturated rings. The minimum absolute atomic E-state index is 0.487. The number of hydrogen-bond acceptors (Lipinski definition) is 3. The van der Waals surface area contributed by atoms with Crippen LogP contribution in [0.5, 0.6) is 0 Å². The van der Waals surface area contributed by atoms with Crippen LogP contribution in [-0.4, -0.2) is 50.8 Å². The molecule has 1 atom stereocenters. The first-order valence-electron chi connectivity index (χ1n) is 5.85. The van der Waals surface area contributed by atoms with Gasteiger partial charge in [-0.05, 0) is 32.9 Å². The van der Waals surface area contributed by atoms with Crippen LogP contribution in [0.3, 0.4) is 0 Å². The van der Waals surface area contributed by atoms with E-state index >= 15 is 0 Å².